The monoisotopic (exact) mass is 249 g/mol. The van der Waals surface area contributed by atoms with Crippen molar-refractivity contribution < 1.29 is 23.7 Å². The molecule has 0 aromatic carbocycles. The molecule has 6 nitrogen and oxygen atoms in total. The Morgan fingerprint density at radius 1 is 1.06 bits per heavy atom. The first kappa shape index (κ1) is 16.3. The van der Waals surface area contributed by atoms with Crippen LogP contribution in [0, 0.1) is 0 Å². The van der Waals surface area contributed by atoms with E-state index in [0.717, 1.165) is 0 Å². The van der Waals surface area contributed by atoms with Gasteiger partial charge in [-0.05, 0) is 6.42 Å². The molecule has 0 fully saturated rings. The number of hydrogen-bond donors (Lipinski definition) is 1. The van der Waals surface area contributed by atoms with Crippen molar-refractivity contribution in [1.82, 2.24) is 0 Å². The summed E-state index contributed by atoms with van der Waals surface area (Å²) in [5.74, 6) is -0.382. The van der Waals surface area contributed by atoms with Gasteiger partial charge in [-0.25, -0.2) is 0 Å². The molecule has 1 atom stereocenters. The first-order valence-electron chi connectivity index (χ1n) is 5.79. The maximum atomic E-state index is 11.1. The summed E-state index contributed by atoms with van der Waals surface area (Å²) in [4.78, 5) is 11.1. The van der Waals surface area contributed by atoms with E-state index in [1.54, 1.807) is 7.11 Å². The van der Waals surface area contributed by atoms with Gasteiger partial charge in [-0.2, -0.15) is 0 Å². The first-order chi connectivity index (χ1) is 8.22. The van der Waals surface area contributed by atoms with E-state index in [1.807, 2.05) is 6.92 Å². The van der Waals surface area contributed by atoms with Crippen molar-refractivity contribution in [2.45, 2.75) is 19.4 Å². The van der Waals surface area contributed by atoms with Crippen LogP contribution in [-0.2, 0) is 23.7 Å². The summed E-state index contributed by atoms with van der Waals surface area (Å²) in [6, 6.07) is -0.535. The van der Waals surface area contributed by atoms with E-state index in [1.165, 1.54) is 0 Å². The van der Waals surface area contributed by atoms with Gasteiger partial charge in [-0.1, -0.05) is 6.92 Å². The van der Waals surface area contributed by atoms with Crippen molar-refractivity contribution in [1.29, 1.82) is 0 Å². The summed E-state index contributed by atoms with van der Waals surface area (Å²) in [7, 11) is 1.62. The second kappa shape index (κ2) is 11.8. The maximum absolute atomic E-state index is 11.1. The summed E-state index contributed by atoms with van der Waals surface area (Å²) in [6.45, 7) is 4.53. The Bertz CT molecular complexity index is 189. The molecule has 0 aromatic heterocycles. The Hall–Kier alpha value is -0.690. The molecule has 6 heteroatoms. The smallest absolute Gasteiger partial charge is 0.322 e. The van der Waals surface area contributed by atoms with E-state index in [0.29, 0.717) is 39.5 Å². The number of methoxy groups -OCH3 is 1. The van der Waals surface area contributed by atoms with Crippen LogP contribution in [-0.4, -0.2) is 58.8 Å². The molecule has 0 spiro atoms. The molecule has 0 aromatic rings. The zero-order chi connectivity index (χ0) is 12.9. The highest BCUT2D eigenvalue weighted by Gasteiger charge is 2.11. The second-order valence-corrected chi connectivity index (χ2v) is 3.40. The Kier molecular flexibility index (Phi) is 11.3. The predicted octanol–water partition coefficient (Wildman–Crippen LogP) is -0.0535. The number of hydrogen-bond acceptors (Lipinski definition) is 6. The van der Waals surface area contributed by atoms with Crippen LogP contribution in [0.4, 0.5) is 0 Å². The molecule has 0 rings (SSSR count). The highest BCUT2D eigenvalue weighted by molar-refractivity contribution is 5.75. The van der Waals surface area contributed by atoms with Crippen LogP contribution >= 0.6 is 0 Å². The van der Waals surface area contributed by atoms with Crippen molar-refractivity contribution in [2.24, 2.45) is 5.73 Å². The lowest BCUT2D eigenvalue weighted by Gasteiger charge is -2.09. The zero-order valence-corrected chi connectivity index (χ0v) is 10.6. The molecule has 0 unspecified atom stereocenters. The fraction of sp³-hybridized carbons (Fsp3) is 0.909. The summed E-state index contributed by atoms with van der Waals surface area (Å²) in [5, 5.41) is 0. The lowest BCUT2D eigenvalue weighted by molar-refractivity contribution is -0.147. The van der Waals surface area contributed by atoms with Gasteiger partial charge < -0.3 is 24.7 Å². The Morgan fingerprint density at radius 2 is 1.59 bits per heavy atom. The van der Waals surface area contributed by atoms with E-state index in [9.17, 15) is 4.79 Å². The predicted molar refractivity (Wildman–Crippen MR) is 62.7 cm³/mol. The number of esters is 1. The lowest BCUT2D eigenvalue weighted by atomic mass is 10.2. The van der Waals surface area contributed by atoms with E-state index >= 15 is 0 Å². The third-order valence-corrected chi connectivity index (χ3v) is 2.02. The standard InChI is InChI=1S/C11H23NO5/c1-3-10(12)11(13)17-9-8-16-7-6-15-5-4-14-2/h10H,3-9,12H2,1-2H3/t10-/m1/s1. The van der Waals surface area contributed by atoms with E-state index in [2.05, 4.69) is 0 Å². The van der Waals surface area contributed by atoms with Gasteiger partial charge in [0.1, 0.15) is 12.6 Å². The molecule has 0 amide bonds. The Morgan fingerprint density at radius 3 is 2.12 bits per heavy atom. The molecule has 0 saturated heterocycles. The van der Waals surface area contributed by atoms with Crippen LogP contribution in [0.1, 0.15) is 13.3 Å². The van der Waals surface area contributed by atoms with Gasteiger partial charge >= 0.3 is 5.97 Å². The van der Waals surface area contributed by atoms with Crippen LogP contribution in [0.5, 0.6) is 0 Å². The highest BCUT2D eigenvalue weighted by Crippen LogP contribution is 1.90. The molecule has 2 N–H and O–H groups in total. The average molecular weight is 249 g/mol. The second-order valence-electron chi connectivity index (χ2n) is 3.40. The molecule has 0 aliphatic rings. The SMILES string of the molecule is CC[C@@H](N)C(=O)OCCOCCOCCOC. The molecule has 0 aliphatic carbocycles. The minimum Gasteiger partial charge on any atom is -0.462 e. The number of ether oxygens (including phenoxy) is 4. The topological polar surface area (TPSA) is 80.0 Å². The molecule has 0 radical (unpaired) electrons. The molecule has 17 heavy (non-hydrogen) atoms. The van der Waals surface area contributed by atoms with Crippen LogP contribution in [0.25, 0.3) is 0 Å². The van der Waals surface area contributed by atoms with Gasteiger partial charge in [0.05, 0.1) is 33.0 Å². The van der Waals surface area contributed by atoms with Crippen molar-refractivity contribution >= 4 is 5.97 Å². The summed E-state index contributed by atoms with van der Waals surface area (Å²) >= 11 is 0. The van der Waals surface area contributed by atoms with E-state index in [-0.39, 0.29) is 12.6 Å². The molecular formula is C11H23NO5. The normalized spacial score (nSPS) is 12.4. The molecule has 0 aliphatic heterocycles. The van der Waals surface area contributed by atoms with Crippen molar-refractivity contribution in [3.63, 3.8) is 0 Å². The fourth-order valence-electron chi connectivity index (χ4n) is 0.939. The largest absolute Gasteiger partial charge is 0.462 e. The highest BCUT2D eigenvalue weighted by atomic mass is 16.6. The third-order valence-electron chi connectivity index (χ3n) is 2.02. The van der Waals surface area contributed by atoms with Crippen LogP contribution < -0.4 is 5.73 Å². The first-order valence-corrected chi connectivity index (χ1v) is 5.79. The van der Waals surface area contributed by atoms with Crippen LogP contribution in [0.15, 0.2) is 0 Å². The summed E-state index contributed by atoms with van der Waals surface area (Å²) in [6.07, 6.45) is 0.576. The maximum Gasteiger partial charge on any atom is 0.322 e. The Labute approximate surface area is 102 Å². The molecule has 0 bridgehead atoms. The van der Waals surface area contributed by atoms with Gasteiger partial charge in [-0.15, -0.1) is 0 Å². The minimum atomic E-state index is -0.535. The molecule has 102 valence electrons. The van der Waals surface area contributed by atoms with Crippen LogP contribution in [0.3, 0.4) is 0 Å². The van der Waals surface area contributed by atoms with E-state index in [4.69, 9.17) is 24.7 Å². The molecule has 0 saturated carbocycles. The fourth-order valence-corrected chi connectivity index (χ4v) is 0.939. The van der Waals surface area contributed by atoms with Gasteiger partial charge in [0.25, 0.3) is 0 Å². The van der Waals surface area contributed by atoms with Gasteiger partial charge in [-0.3, -0.25) is 4.79 Å². The number of carbonyl (C=O) groups excluding carboxylic acids is 1. The molecule has 0 heterocycles. The number of rotatable bonds is 11. The minimum absolute atomic E-state index is 0.227. The van der Waals surface area contributed by atoms with Gasteiger partial charge in [0, 0.05) is 7.11 Å². The van der Waals surface area contributed by atoms with Crippen molar-refractivity contribution in [3.8, 4) is 0 Å². The third kappa shape index (κ3) is 10.2. The van der Waals surface area contributed by atoms with Crippen molar-refractivity contribution in [2.75, 3.05) is 46.8 Å². The van der Waals surface area contributed by atoms with Gasteiger partial charge in [0.2, 0.25) is 0 Å². The molecular weight excluding hydrogens is 226 g/mol. The van der Waals surface area contributed by atoms with Gasteiger partial charge in [0.15, 0.2) is 0 Å². The van der Waals surface area contributed by atoms with Crippen molar-refractivity contribution in [3.05, 3.63) is 0 Å². The zero-order valence-electron chi connectivity index (χ0n) is 10.6. The summed E-state index contributed by atoms with van der Waals surface area (Å²) in [5.41, 5.74) is 5.48. The Balaban J connectivity index is 3.16. The number of nitrogens with two attached hydrogens (primary N) is 1. The van der Waals surface area contributed by atoms with E-state index < -0.39 is 6.04 Å². The van der Waals surface area contributed by atoms with Crippen LogP contribution in [0.2, 0.25) is 0 Å². The average Bonchev–Trinajstić information content (AvgIpc) is 2.35. The number of carbonyl (C=O) groups is 1. The lowest BCUT2D eigenvalue weighted by Crippen LogP contribution is -2.32. The summed E-state index contributed by atoms with van der Waals surface area (Å²) < 4.78 is 20.1. The quantitative estimate of drug-likeness (QED) is 0.408.